The zero-order chi connectivity index (χ0) is 25.7. The number of methoxy groups -OCH3 is 2. The first-order chi connectivity index (χ1) is 16.7. The van der Waals surface area contributed by atoms with E-state index in [0.717, 1.165) is 28.5 Å². The Hall–Kier alpha value is -3.89. The molecule has 0 heterocycles. The number of hydrogen-bond donors (Lipinski definition) is 5. The number of rotatable bonds is 9. The minimum atomic E-state index is -1.78. The molecule has 0 radical (unpaired) electrons. The van der Waals surface area contributed by atoms with E-state index in [1.54, 1.807) is 18.2 Å². The summed E-state index contributed by atoms with van der Waals surface area (Å²) in [6.07, 6.45) is 4.17. The standard InChI is InChI=1S/C25H27BFN3O5/c1-14-19(8-15-9-22(34-2)25(26(32)33)23(10-15)35-3)18-5-4-16(27)11-20(18)21(14)13-30-24(31)12-17(29)6-7-28/h4-11,28,32-33H,12-13,29H2,1-3H3,(H,30,31)/b17-6-,19-8-,28-7?. The lowest BCUT2D eigenvalue weighted by molar-refractivity contribution is -0.120. The van der Waals surface area contributed by atoms with Gasteiger partial charge in [-0.2, -0.15) is 0 Å². The lowest BCUT2D eigenvalue weighted by Crippen LogP contribution is -2.32. The molecular weight excluding hydrogens is 452 g/mol. The van der Waals surface area contributed by atoms with Crippen LogP contribution in [0.3, 0.4) is 0 Å². The summed E-state index contributed by atoms with van der Waals surface area (Å²) in [6, 6.07) is 7.78. The van der Waals surface area contributed by atoms with Crippen molar-refractivity contribution >= 4 is 41.9 Å². The topological polar surface area (TPSA) is 138 Å². The molecule has 0 aliphatic heterocycles. The van der Waals surface area contributed by atoms with Crippen molar-refractivity contribution in [2.24, 2.45) is 5.73 Å². The van der Waals surface area contributed by atoms with Gasteiger partial charge in [-0.1, -0.05) is 6.07 Å². The van der Waals surface area contributed by atoms with E-state index in [4.69, 9.17) is 20.6 Å². The average Bonchev–Trinajstić information content (AvgIpc) is 3.06. The van der Waals surface area contributed by atoms with Crippen molar-refractivity contribution in [2.75, 3.05) is 20.8 Å². The van der Waals surface area contributed by atoms with Gasteiger partial charge in [0, 0.05) is 18.5 Å². The summed E-state index contributed by atoms with van der Waals surface area (Å²) in [6.45, 7) is 2.05. The summed E-state index contributed by atoms with van der Waals surface area (Å²) >= 11 is 0. The van der Waals surface area contributed by atoms with Gasteiger partial charge in [0.15, 0.2) is 0 Å². The van der Waals surface area contributed by atoms with Crippen LogP contribution in [-0.2, 0) is 4.79 Å². The minimum absolute atomic E-state index is 0.0525. The number of allylic oxidation sites excluding steroid dienone is 3. The highest BCUT2D eigenvalue weighted by atomic mass is 19.1. The van der Waals surface area contributed by atoms with Gasteiger partial charge in [0.05, 0.1) is 26.1 Å². The Morgan fingerprint density at radius 1 is 1.17 bits per heavy atom. The SMILES string of the molecule is COc1cc(/C=C2/C(C)=C(CNC(=O)C/C(N)=C/C=N)c3cc(F)ccc32)cc(OC)c1B(O)O. The van der Waals surface area contributed by atoms with Crippen molar-refractivity contribution in [1.29, 1.82) is 5.41 Å². The van der Waals surface area contributed by atoms with E-state index in [1.807, 2.05) is 13.0 Å². The van der Waals surface area contributed by atoms with Gasteiger partial charge in [0.1, 0.15) is 17.3 Å². The van der Waals surface area contributed by atoms with E-state index in [2.05, 4.69) is 5.32 Å². The maximum Gasteiger partial charge on any atom is 0.496 e. The molecule has 0 atom stereocenters. The number of ether oxygens (including phenoxy) is 2. The van der Waals surface area contributed by atoms with Gasteiger partial charge in [0.2, 0.25) is 5.91 Å². The van der Waals surface area contributed by atoms with Crippen LogP contribution in [-0.4, -0.2) is 50.1 Å². The first kappa shape index (κ1) is 25.7. The number of halogens is 1. The van der Waals surface area contributed by atoms with E-state index >= 15 is 0 Å². The van der Waals surface area contributed by atoms with Crippen molar-refractivity contribution < 1.29 is 28.7 Å². The molecule has 182 valence electrons. The molecule has 3 rings (SSSR count). The van der Waals surface area contributed by atoms with Crippen LogP contribution in [0.5, 0.6) is 11.5 Å². The molecule has 1 aliphatic carbocycles. The van der Waals surface area contributed by atoms with E-state index in [-0.39, 0.29) is 41.5 Å². The Morgan fingerprint density at radius 2 is 1.83 bits per heavy atom. The number of carbonyl (C=O) groups excluding carboxylic acids is 1. The molecule has 1 aliphatic rings. The van der Waals surface area contributed by atoms with Crippen LogP contribution in [0, 0.1) is 11.2 Å². The highest BCUT2D eigenvalue weighted by Gasteiger charge is 2.26. The normalized spacial score (nSPS) is 14.1. The van der Waals surface area contributed by atoms with Gasteiger partial charge in [-0.15, -0.1) is 0 Å². The summed E-state index contributed by atoms with van der Waals surface area (Å²) < 4.78 is 24.8. The summed E-state index contributed by atoms with van der Waals surface area (Å²) in [7, 11) is 1.05. The molecule has 35 heavy (non-hydrogen) atoms. The van der Waals surface area contributed by atoms with Crippen molar-refractivity contribution in [2.45, 2.75) is 13.3 Å². The fourth-order valence-corrected chi connectivity index (χ4v) is 4.05. The van der Waals surface area contributed by atoms with Crippen LogP contribution in [0.15, 0.2) is 47.7 Å². The molecule has 1 amide bonds. The summed E-state index contributed by atoms with van der Waals surface area (Å²) in [5, 5.41) is 29.3. The molecule has 0 bridgehead atoms. The van der Waals surface area contributed by atoms with Gasteiger partial charge in [-0.05, 0) is 76.8 Å². The molecular formula is C25H27BFN3O5. The second kappa shape index (κ2) is 11.0. The Bertz CT molecular complexity index is 1230. The monoisotopic (exact) mass is 479 g/mol. The van der Waals surface area contributed by atoms with E-state index in [9.17, 15) is 19.2 Å². The predicted molar refractivity (Wildman–Crippen MR) is 135 cm³/mol. The van der Waals surface area contributed by atoms with Crippen LogP contribution >= 0.6 is 0 Å². The van der Waals surface area contributed by atoms with Crippen molar-refractivity contribution in [3.8, 4) is 11.5 Å². The van der Waals surface area contributed by atoms with Crippen LogP contribution in [0.2, 0.25) is 0 Å². The number of nitrogens with two attached hydrogens (primary N) is 1. The second-order valence-corrected chi connectivity index (χ2v) is 7.93. The van der Waals surface area contributed by atoms with Gasteiger partial charge in [-0.25, -0.2) is 4.39 Å². The number of carbonyl (C=O) groups is 1. The quantitative estimate of drug-likeness (QED) is 0.275. The Balaban J connectivity index is 2.03. The molecule has 6 N–H and O–H groups in total. The molecule has 10 heteroatoms. The molecule has 0 fully saturated rings. The van der Waals surface area contributed by atoms with E-state index in [1.165, 1.54) is 32.4 Å². The highest BCUT2D eigenvalue weighted by molar-refractivity contribution is 6.61. The molecule has 0 spiro atoms. The van der Waals surface area contributed by atoms with Crippen LogP contribution < -0.4 is 26.0 Å². The number of benzene rings is 2. The zero-order valence-corrected chi connectivity index (χ0v) is 19.7. The molecule has 0 aromatic heterocycles. The maximum atomic E-state index is 14.1. The summed E-state index contributed by atoms with van der Waals surface area (Å²) in [5.74, 6) is -0.227. The number of fused-ring (bicyclic) bond motifs is 1. The van der Waals surface area contributed by atoms with Crippen molar-refractivity contribution in [1.82, 2.24) is 5.32 Å². The van der Waals surface area contributed by atoms with E-state index < -0.39 is 12.9 Å². The van der Waals surface area contributed by atoms with Gasteiger partial charge < -0.3 is 36.0 Å². The lowest BCUT2D eigenvalue weighted by atomic mass is 9.78. The van der Waals surface area contributed by atoms with Crippen LogP contribution in [0.1, 0.15) is 30.0 Å². The molecule has 2 aromatic carbocycles. The fraction of sp³-hybridized carbons (Fsp3) is 0.200. The lowest BCUT2D eigenvalue weighted by Gasteiger charge is -2.14. The molecule has 0 unspecified atom stereocenters. The Kier molecular flexibility index (Phi) is 8.11. The zero-order valence-electron chi connectivity index (χ0n) is 19.7. The number of nitrogens with one attached hydrogen (secondary N) is 2. The minimum Gasteiger partial charge on any atom is -0.497 e. The predicted octanol–water partition coefficient (Wildman–Crippen LogP) is 1.85. The number of amides is 1. The first-order valence-corrected chi connectivity index (χ1v) is 10.8. The van der Waals surface area contributed by atoms with Gasteiger partial charge in [0.25, 0.3) is 0 Å². The summed E-state index contributed by atoms with van der Waals surface area (Å²) in [5.41, 5.74) is 10.6. The van der Waals surface area contributed by atoms with Crippen LogP contribution in [0.4, 0.5) is 4.39 Å². The average molecular weight is 479 g/mol. The number of hydrogen-bond acceptors (Lipinski definition) is 7. The third kappa shape index (κ3) is 5.61. The molecule has 2 aromatic rings. The smallest absolute Gasteiger partial charge is 0.496 e. The Morgan fingerprint density at radius 3 is 2.40 bits per heavy atom. The second-order valence-electron chi connectivity index (χ2n) is 7.93. The van der Waals surface area contributed by atoms with Crippen molar-refractivity contribution in [3.63, 3.8) is 0 Å². The van der Waals surface area contributed by atoms with Crippen molar-refractivity contribution in [3.05, 3.63) is 70.2 Å². The van der Waals surface area contributed by atoms with Gasteiger partial charge >= 0.3 is 7.12 Å². The molecule has 0 saturated heterocycles. The van der Waals surface area contributed by atoms with E-state index in [0.29, 0.717) is 11.1 Å². The molecule has 8 nitrogen and oxygen atoms in total. The highest BCUT2D eigenvalue weighted by Crippen LogP contribution is 2.42. The third-order valence-electron chi connectivity index (χ3n) is 5.71. The van der Waals surface area contributed by atoms with Crippen LogP contribution in [0.25, 0.3) is 17.2 Å². The third-order valence-corrected chi connectivity index (χ3v) is 5.71. The maximum absolute atomic E-state index is 14.1. The summed E-state index contributed by atoms with van der Waals surface area (Å²) in [4.78, 5) is 12.3. The Labute approximate surface area is 203 Å². The fourth-order valence-electron chi connectivity index (χ4n) is 4.05. The largest absolute Gasteiger partial charge is 0.497 e. The molecule has 0 saturated carbocycles. The van der Waals surface area contributed by atoms with Gasteiger partial charge in [-0.3, -0.25) is 4.79 Å². The first-order valence-electron chi connectivity index (χ1n) is 10.8.